The minimum absolute atomic E-state index is 0.176. The van der Waals surface area contributed by atoms with Crippen LogP contribution in [-0.2, 0) is 14.3 Å². The number of rotatable bonds is 42. The second kappa shape index (κ2) is 40.7. The van der Waals surface area contributed by atoms with Crippen LogP contribution in [0.5, 0.6) is 0 Å². The average molecular weight is 838 g/mol. The van der Waals surface area contributed by atoms with Crippen LogP contribution in [0, 0.1) is 0 Å². The molecular formula is C50H95NO8. The lowest BCUT2D eigenvalue weighted by molar-refractivity contribution is -0.302. The van der Waals surface area contributed by atoms with Crippen molar-refractivity contribution in [1.82, 2.24) is 5.32 Å². The molecule has 0 bridgehead atoms. The number of aliphatic hydroxyl groups is 5. The van der Waals surface area contributed by atoms with Gasteiger partial charge >= 0.3 is 0 Å². The topological polar surface area (TPSA) is 149 Å². The number of aliphatic hydroxyl groups excluding tert-OH is 5. The highest BCUT2D eigenvalue weighted by Gasteiger charge is 2.44. The standard InChI is InChI=1S/C50H95NO8/c1-3-5-7-9-11-13-15-17-18-19-20-21-22-23-24-25-26-28-30-32-34-36-38-40-46(54)51-43(42-58-50-49(57)48(56)47(55)45(41-52)59-50)44(53)39-37-35-33-31-29-27-16-14-12-10-8-6-4-2/h17-18,37,39,43-45,47-50,52-53,55-57H,3-16,19-36,38,40-42H2,1-2H3,(H,51,54)/b18-17+,39-37+/t43-,44+,45-,47-,48?,49?,50-/m0/s1. The molecule has 1 saturated heterocycles. The molecule has 0 aromatic carbocycles. The van der Waals surface area contributed by atoms with Gasteiger partial charge in [0.1, 0.15) is 24.4 Å². The maximum absolute atomic E-state index is 13.0. The fraction of sp³-hybridized carbons (Fsp3) is 0.900. The molecule has 9 heteroatoms. The van der Waals surface area contributed by atoms with E-state index in [1.807, 2.05) is 6.08 Å². The lowest BCUT2D eigenvalue weighted by atomic mass is 9.99. The number of carbonyl (C=O) groups excluding carboxylic acids is 1. The number of carbonyl (C=O) groups is 1. The van der Waals surface area contributed by atoms with Gasteiger partial charge in [-0.25, -0.2) is 0 Å². The highest BCUT2D eigenvalue weighted by Crippen LogP contribution is 2.23. The molecule has 0 radical (unpaired) electrons. The summed E-state index contributed by atoms with van der Waals surface area (Å²) in [6, 6.07) is -0.801. The molecule has 0 saturated carbocycles. The molecule has 2 unspecified atom stereocenters. The second-order valence-electron chi connectivity index (χ2n) is 17.6. The summed E-state index contributed by atoms with van der Waals surface area (Å²) >= 11 is 0. The van der Waals surface area contributed by atoms with Gasteiger partial charge < -0.3 is 40.3 Å². The van der Waals surface area contributed by atoms with Crippen LogP contribution in [0.2, 0.25) is 0 Å². The predicted molar refractivity (Wildman–Crippen MR) is 244 cm³/mol. The Balaban J connectivity index is 2.25. The first-order chi connectivity index (χ1) is 28.8. The molecule has 1 aliphatic rings. The van der Waals surface area contributed by atoms with Crippen molar-refractivity contribution in [1.29, 1.82) is 0 Å². The zero-order valence-electron chi connectivity index (χ0n) is 38.3. The van der Waals surface area contributed by atoms with E-state index in [4.69, 9.17) is 9.47 Å². The first-order valence-corrected chi connectivity index (χ1v) is 25.1. The summed E-state index contributed by atoms with van der Waals surface area (Å²) in [4.78, 5) is 13.0. The van der Waals surface area contributed by atoms with Gasteiger partial charge in [-0.05, 0) is 44.9 Å². The maximum atomic E-state index is 13.0. The highest BCUT2D eigenvalue weighted by atomic mass is 16.7. The highest BCUT2D eigenvalue weighted by molar-refractivity contribution is 5.76. The van der Waals surface area contributed by atoms with Gasteiger partial charge in [-0.3, -0.25) is 4.79 Å². The molecule has 0 aromatic rings. The Morgan fingerprint density at radius 3 is 1.37 bits per heavy atom. The van der Waals surface area contributed by atoms with E-state index in [0.717, 1.165) is 38.5 Å². The minimum atomic E-state index is -1.56. The Kier molecular flexibility index (Phi) is 38.4. The van der Waals surface area contributed by atoms with Crippen molar-refractivity contribution < 1.29 is 39.8 Å². The quantitative estimate of drug-likeness (QED) is 0.0263. The van der Waals surface area contributed by atoms with Gasteiger partial charge in [-0.15, -0.1) is 0 Å². The minimum Gasteiger partial charge on any atom is -0.394 e. The molecule has 1 rings (SSSR count). The maximum Gasteiger partial charge on any atom is 0.220 e. The van der Waals surface area contributed by atoms with Crippen molar-refractivity contribution in [3.05, 3.63) is 24.3 Å². The van der Waals surface area contributed by atoms with Gasteiger partial charge in [0.2, 0.25) is 5.91 Å². The first kappa shape index (κ1) is 55.7. The third-order valence-corrected chi connectivity index (χ3v) is 12.0. The molecule has 1 amide bonds. The summed E-state index contributed by atoms with van der Waals surface area (Å²) in [6.45, 7) is 3.78. The fourth-order valence-corrected chi connectivity index (χ4v) is 7.97. The molecule has 6 N–H and O–H groups in total. The van der Waals surface area contributed by atoms with E-state index in [0.29, 0.717) is 6.42 Å². The number of allylic oxidation sites excluding steroid dienone is 3. The lowest BCUT2D eigenvalue weighted by Crippen LogP contribution is -2.60. The zero-order chi connectivity index (χ0) is 43.0. The van der Waals surface area contributed by atoms with Crippen LogP contribution in [0.25, 0.3) is 0 Å². The number of ether oxygens (including phenoxy) is 2. The summed E-state index contributed by atoms with van der Waals surface area (Å²) in [5.74, 6) is -0.176. The van der Waals surface area contributed by atoms with Crippen LogP contribution in [0.1, 0.15) is 232 Å². The van der Waals surface area contributed by atoms with E-state index in [1.54, 1.807) is 6.08 Å². The van der Waals surface area contributed by atoms with Crippen LogP contribution in [0.4, 0.5) is 0 Å². The van der Waals surface area contributed by atoms with Crippen molar-refractivity contribution >= 4 is 5.91 Å². The Hall–Kier alpha value is -1.33. The molecule has 0 aliphatic carbocycles. The third-order valence-electron chi connectivity index (χ3n) is 12.0. The Bertz CT molecular complexity index is 977. The van der Waals surface area contributed by atoms with Gasteiger partial charge in [-0.2, -0.15) is 0 Å². The van der Waals surface area contributed by atoms with E-state index in [9.17, 15) is 30.3 Å². The molecule has 348 valence electrons. The molecule has 59 heavy (non-hydrogen) atoms. The molecule has 1 aliphatic heterocycles. The van der Waals surface area contributed by atoms with Crippen molar-refractivity contribution in [2.24, 2.45) is 0 Å². The molecular weight excluding hydrogens is 743 g/mol. The van der Waals surface area contributed by atoms with Crippen molar-refractivity contribution in [2.75, 3.05) is 13.2 Å². The Morgan fingerprint density at radius 1 is 0.559 bits per heavy atom. The van der Waals surface area contributed by atoms with Crippen molar-refractivity contribution in [2.45, 2.75) is 275 Å². The number of hydrogen-bond acceptors (Lipinski definition) is 8. The van der Waals surface area contributed by atoms with Gasteiger partial charge in [-0.1, -0.05) is 205 Å². The number of nitrogens with one attached hydrogen (secondary N) is 1. The van der Waals surface area contributed by atoms with Gasteiger partial charge in [0.15, 0.2) is 6.29 Å². The molecule has 7 atom stereocenters. The van der Waals surface area contributed by atoms with Crippen molar-refractivity contribution in [3.8, 4) is 0 Å². The molecule has 1 fully saturated rings. The Morgan fingerprint density at radius 2 is 0.949 bits per heavy atom. The number of amides is 1. The first-order valence-electron chi connectivity index (χ1n) is 25.1. The smallest absolute Gasteiger partial charge is 0.220 e. The van der Waals surface area contributed by atoms with Gasteiger partial charge in [0.25, 0.3) is 0 Å². The normalized spacial score (nSPS) is 20.8. The third kappa shape index (κ3) is 31.2. The summed E-state index contributed by atoms with van der Waals surface area (Å²) in [5.41, 5.74) is 0. The average Bonchev–Trinajstić information content (AvgIpc) is 3.23. The van der Waals surface area contributed by atoms with Gasteiger partial charge in [0, 0.05) is 6.42 Å². The van der Waals surface area contributed by atoms with Crippen LogP contribution in [-0.4, -0.2) is 87.5 Å². The zero-order valence-corrected chi connectivity index (χ0v) is 38.3. The molecule has 1 heterocycles. The monoisotopic (exact) mass is 838 g/mol. The second-order valence-corrected chi connectivity index (χ2v) is 17.6. The van der Waals surface area contributed by atoms with E-state index in [1.165, 1.54) is 173 Å². The van der Waals surface area contributed by atoms with Crippen molar-refractivity contribution in [3.63, 3.8) is 0 Å². The number of hydrogen-bond donors (Lipinski definition) is 6. The van der Waals surface area contributed by atoms with Crippen LogP contribution in [0.15, 0.2) is 24.3 Å². The molecule has 0 spiro atoms. The predicted octanol–water partition coefficient (Wildman–Crippen LogP) is 11.1. The van der Waals surface area contributed by atoms with Crippen LogP contribution >= 0.6 is 0 Å². The van der Waals surface area contributed by atoms with E-state index in [-0.39, 0.29) is 12.5 Å². The summed E-state index contributed by atoms with van der Waals surface area (Å²) in [7, 11) is 0. The van der Waals surface area contributed by atoms with Crippen LogP contribution < -0.4 is 5.32 Å². The number of unbranched alkanes of at least 4 members (excludes halogenated alkanes) is 30. The SMILES string of the molecule is CCCCCCCC/C=C/CCCCCCCCCCCCCCCC(=O)N[C@@H](CO[C@H]1O[C@@H](CO)[C@H](O)C(O)C1O)[C@H](O)/C=C/CCCCCCCCCCCCC. The summed E-state index contributed by atoms with van der Waals surface area (Å²) < 4.78 is 11.2. The molecule has 0 aromatic heterocycles. The summed E-state index contributed by atoms with van der Waals surface area (Å²) in [6.07, 6.45) is 42.3. The molecule has 9 nitrogen and oxygen atoms in total. The van der Waals surface area contributed by atoms with E-state index >= 15 is 0 Å². The van der Waals surface area contributed by atoms with E-state index in [2.05, 4.69) is 31.3 Å². The Labute approximate surface area is 362 Å². The van der Waals surface area contributed by atoms with Crippen LogP contribution in [0.3, 0.4) is 0 Å². The van der Waals surface area contributed by atoms with E-state index < -0.39 is 49.5 Å². The lowest BCUT2D eigenvalue weighted by Gasteiger charge is -2.40. The van der Waals surface area contributed by atoms with Gasteiger partial charge in [0.05, 0.1) is 25.4 Å². The summed E-state index contributed by atoms with van der Waals surface area (Å²) in [5, 5.41) is 54.2. The fourth-order valence-electron chi connectivity index (χ4n) is 7.97. The largest absolute Gasteiger partial charge is 0.394 e.